The fourth-order valence-corrected chi connectivity index (χ4v) is 3.53. The number of hydrogen-bond donors (Lipinski definition) is 0. The van der Waals surface area contributed by atoms with Crippen LogP contribution in [0, 0.1) is 5.82 Å². The predicted molar refractivity (Wildman–Crippen MR) is 85.0 cm³/mol. The first-order chi connectivity index (χ1) is 11.1. The molecule has 8 heteroatoms. The summed E-state index contributed by atoms with van der Waals surface area (Å²) in [6.07, 6.45) is -2.80. The Balaban J connectivity index is 3.33. The van der Waals surface area contributed by atoms with Crippen molar-refractivity contribution in [2.75, 3.05) is 13.2 Å². The van der Waals surface area contributed by atoms with Gasteiger partial charge in [0.25, 0.3) is 0 Å². The van der Waals surface area contributed by atoms with Crippen LogP contribution in [0.2, 0.25) is 0 Å². The second-order valence-electron chi connectivity index (χ2n) is 4.71. The maximum absolute atomic E-state index is 13.3. The van der Waals surface area contributed by atoms with Gasteiger partial charge in [0.05, 0.1) is 24.1 Å². The van der Waals surface area contributed by atoms with E-state index in [-0.39, 0.29) is 13.2 Å². The summed E-state index contributed by atoms with van der Waals surface area (Å²) in [7, 11) is -4.04. The van der Waals surface area contributed by atoms with E-state index in [1.165, 1.54) is 26.0 Å². The van der Waals surface area contributed by atoms with Gasteiger partial charge in [-0.3, -0.25) is 4.57 Å². The summed E-state index contributed by atoms with van der Waals surface area (Å²) in [6, 6.07) is 4.93. The van der Waals surface area contributed by atoms with Crippen molar-refractivity contribution in [3.8, 4) is 0 Å². The molecule has 0 heterocycles. The van der Waals surface area contributed by atoms with Gasteiger partial charge < -0.3 is 9.05 Å². The lowest BCUT2D eigenvalue weighted by Crippen LogP contribution is -2.13. The largest absolute Gasteiger partial charge is 0.416 e. The highest BCUT2D eigenvalue weighted by atomic mass is 31.2. The van der Waals surface area contributed by atoms with E-state index in [0.717, 1.165) is 31.2 Å². The zero-order valence-corrected chi connectivity index (χ0v) is 14.5. The molecule has 1 aromatic rings. The van der Waals surface area contributed by atoms with Crippen LogP contribution in [-0.2, 0) is 13.6 Å². The molecular formula is C16H19F4O3P. The summed E-state index contributed by atoms with van der Waals surface area (Å²) in [5, 5.41) is -0.517. The van der Waals surface area contributed by atoms with Crippen molar-refractivity contribution >= 4 is 13.7 Å². The van der Waals surface area contributed by atoms with Crippen LogP contribution in [0.5, 0.6) is 0 Å². The van der Waals surface area contributed by atoms with Gasteiger partial charge in [-0.25, -0.2) is 4.39 Å². The minimum atomic E-state index is -4.75. The number of rotatable bonds is 7. The normalized spacial score (nSPS) is 14.1. The molecule has 0 saturated heterocycles. The molecule has 0 aliphatic carbocycles. The molecule has 0 fully saturated rings. The summed E-state index contributed by atoms with van der Waals surface area (Å²) in [5.74, 6) is -0.493. The highest BCUT2D eigenvalue weighted by molar-refractivity contribution is 7.58. The summed E-state index contributed by atoms with van der Waals surface area (Å²) in [6.45, 7) is 3.99. The molecule has 1 rings (SSSR count). The molecule has 0 bridgehead atoms. The van der Waals surface area contributed by atoms with Gasteiger partial charge in [-0.05, 0) is 44.5 Å². The highest BCUT2D eigenvalue weighted by Gasteiger charge is 2.40. The van der Waals surface area contributed by atoms with Crippen molar-refractivity contribution in [3.05, 3.63) is 52.6 Å². The Hall–Kier alpha value is -1.43. The second-order valence-corrected chi connectivity index (χ2v) is 6.90. The Morgan fingerprint density at radius 3 is 2.04 bits per heavy atom. The topological polar surface area (TPSA) is 35.5 Å². The number of hydrogen-bond acceptors (Lipinski definition) is 3. The van der Waals surface area contributed by atoms with E-state index in [9.17, 15) is 22.1 Å². The highest BCUT2D eigenvalue weighted by Crippen LogP contribution is 2.58. The van der Waals surface area contributed by atoms with Gasteiger partial charge >= 0.3 is 13.8 Å². The summed E-state index contributed by atoms with van der Waals surface area (Å²) in [5.41, 5.74) is -0.745. The van der Waals surface area contributed by atoms with Crippen LogP contribution < -0.4 is 0 Å². The van der Waals surface area contributed by atoms with Crippen LogP contribution in [0.3, 0.4) is 0 Å². The zero-order valence-electron chi connectivity index (χ0n) is 13.6. The molecule has 0 aliphatic heterocycles. The number of halogens is 4. The van der Waals surface area contributed by atoms with Crippen LogP contribution in [0.25, 0.3) is 6.08 Å². The van der Waals surface area contributed by atoms with Crippen LogP contribution in [0.4, 0.5) is 17.6 Å². The van der Waals surface area contributed by atoms with Gasteiger partial charge in [-0.15, -0.1) is 0 Å². The number of alkyl halides is 3. The van der Waals surface area contributed by atoms with Gasteiger partial charge in [0.2, 0.25) is 0 Å². The zero-order chi connectivity index (χ0) is 18.4. The van der Waals surface area contributed by atoms with E-state index >= 15 is 0 Å². The Bertz CT molecular complexity index is 638. The molecule has 0 atom stereocenters. The third-order valence-corrected chi connectivity index (χ3v) is 5.28. The second kappa shape index (κ2) is 8.60. The predicted octanol–water partition coefficient (Wildman–Crippen LogP) is 5.94. The van der Waals surface area contributed by atoms with Crippen LogP contribution >= 0.6 is 7.60 Å². The summed E-state index contributed by atoms with van der Waals surface area (Å²) in [4.78, 5) is 0. The lowest BCUT2D eigenvalue weighted by atomic mass is 10.1. The maximum atomic E-state index is 13.3. The molecule has 3 nitrogen and oxygen atoms in total. The molecule has 0 radical (unpaired) electrons. The first kappa shape index (κ1) is 20.6. The van der Waals surface area contributed by atoms with Crippen molar-refractivity contribution < 1.29 is 31.2 Å². The van der Waals surface area contributed by atoms with E-state index in [1.807, 2.05) is 0 Å². The molecule has 0 spiro atoms. The average molecular weight is 366 g/mol. The van der Waals surface area contributed by atoms with E-state index < -0.39 is 30.5 Å². The van der Waals surface area contributed by atoms with E-state index in [4.69, 9.17) is 9.05 Å². The molecule has 0 N–H and O–H groups in total. The Labute approximate surface area is 138 Å². The minimum absolute atomic E-state index is 0.0541. The Kier molecular flexibility index (Phi) is 7.39. The third-order valence-electron chi connectivity index (χ3n) is 3.02. The Morgan fingerprint density at radius 2 is 1.62 bits per heavy atom. The molecule has 24 heavy (non-hydrogen) atoms. The molecule has 134 valence electrons. The van der Waals surface area contributed by atoms with Crippen molar-refractivity contribution in [2.45, 2.75) is 26.9 Å². The number of benzene rings is 1. The maximum Gasteiger partial charge on any atom is 0.416 e. The molecule has 0 saturated carbocycles. The van der Waals surface area contributed by atoms with Crippen molar-refractivity contribution in [1.82, 2.24) is 0 Å². The Morgan fingerprint density at radius 1 is 1.12 bits per heavy atom. The summed E-state index contributed by atoms with van der Waals surface area (Å²) >= 11 is 0. The summed E-state index contributed by atoms with van der Waals surface area (Å²) < 4.78 is 75.4. The van der Waals surface area contributed by atoms with Crippen molar-refractivity contribution in [2.24, 2.45) is 0 Å². The lowest BCUT2D eigenvalue weighted by molar-refractivity contribution is -0.0887. The van der Waals surface area contributed by atoms with Crippen molar-refractivity contribution in [1.29, 1.82) is 0 Å². The molecular weight excluding hydrogens is 347 g/mol. The first-order valence-corrected chi connectivity index (χ1v) is 8.79. The fourth-order valence-electron chi connectivity index (χ4n) is 1.89. The van der Waals surface area contributed by atoms with Gasteiger partial charge in [-0.2, -0.15) is 13.2 Å². The monoisotopic (exact) mass is 366 g/mol. The lowest BCUT2D eigenvalue weighted by Gasteiger charge is -2.21. The van der Waals surface area contributed by atoms with Crippen molar-refractivity contribution in [3.63, 3.8) is 0 Å². The standard InChI is InChI=1S/C16H19F4O3P/c1-4-22-24(21,23-5-2)12(3)15(16(18,19)20)11-8-13-6-9-14(17)10-7-13/h6-11H,4-5H2,1-3H3/b11-8+,15-12+. The minimum Gasteiger partial charge on any atom is -0.306 e. The first-order valence-electron chi connectivity index (χ1n) is 7.25. The third kappa shape index (κ3) is 5.58. The van der Waals surface area contributed by atoms with E-state index in [0.29, 0.717) is 5.56 Å². The molecule has 1 aromatic carbocycles. The SMILES string of the molecule is CCOP(=O)(OCC)/C(C)=C(\C=C\c1ccc(F)cc1)C(F)(F)F. The smallest absolute Gasteiger partial charge is 0.306 e. The fraction of sp³-hybridized carbons (Fsp3) is 0.375. The van der Waals surface area contributed by atoms with Crippen LogP contribution in [0.15, 0.2) is 41.2 Å². The average Bonchev–Trinajstić information content (AvgIpc) is 2.48. The van der Waals surface area contributed by atoms with Gasteiger partial charge in [-0.1, -0.05) is 18.2 Å². The molecule has 0 aliphatic rings. The van der Waals surface area contributed by atoms with Gasteiger partial charge in [0.1, 0.15) is 5.82 Å². The van der Waals surface area contributed by atoms with E-state index in [1.54, 1.807) is 0 Å². The molecule has 0 amide bonds. The molecule has 0 aromatic heterocycles. The van der Waals surface area contributed by atoms with Gasteiger partial charge in [0, 0.05) is 0 Å². The molecule has 0 unspecified atom stereocenters. The quantitative estimate of drug-likeness (QED) is 0.340. The van der Waals surface area contributed by atoms with Crippen LogP contribution in [-0.4, -0.2) is 19.4 Å². The van der Waals surface area contributed by atoms with Gasteiger partial charge in [0.15, 0.2) is 0 Å². The van der Waals surface area contributed by atoms with E-state index in [2.05, 4.69) is 0 Å². The number of allylic oxidation sites excluding steroid dienone is 3. The van der Waals surface area contributed by atoms with Crippen LogP contribution in [0.1, 0.15) is 26.3 Å².